The number of benzene rings is 3. The van der Waals surface area contributed by atoms with E-state index in [1.807, 2.05) is 59.3 Å². The summed E-state index contributed by atoms with van der Waals surface area (Å²) in [6.07, 6.45) is 0.848. The van der Waals surface area contributed by atoms with Gasteiger partial charge in [0.15, 0.2) is 5.82 Å². The molecule has 1 N–H and O–H groups in total. The molecule has 0 bridgehead atoms. The highest BCUT2D eigenvalue weighted by atomic mass is 16.1. The summed E-state index contributed by atoms with van der Waals surface area (Å²) in [5, 5.41) is 13.5. The van der Waals surface area contributed by atoms with E-state index >= 15 is 0 Å². The van der Waals surface area contributed by atoms with Crippen LogP contribution in [0.5, 0.6) is 0 Å². The van der Waals surface area contributed by atoms with Crippen LogP contribution in [0.2, 0.25) is 0 Å². The number of fused-ring (bicyclic) bond motifs is 1. The Labute approximate surface area is 204 Å². The third kappa shape index (κ3) is 5.70. The van der Waals surface area contributed by atoms with Crippen molar-refractivity contribution in [1.29, 1.82) is 0 Å². The maximum atomic E-state index is 12.9. The fraction of sp³-hybridized carbons (Fsp3) is 0.214. The number of pyridine rings is 1. The van der Waals surface area contributed by atoms with Gasteiger partial charge < -0.3 is 4.98 Å². The summed E-state index contributed by atoms with van der Waals surface area (Å²) in [5.41, 5.74) is 5.08. The standard InChI is InChI=1S/C28H28N6O/c1-21-12-13-26-24(16-21)17-25(28(35)29-26)19-33(18-23-10-6-3-7-11-23)20-27-30-31-32-34(27)15-14-22-8-4-2-5-9-22/h2-13,16-17H,14-15,18-20H2,1H3,(H,29,35). The molecule has 0 aliphatic heterocycles. The van der Waals surface area contributed by atoms with E-state index in [4.69, 9.17) is 0 Å². The SMILES string of the molecule is Cc1ccc2[nH]c(=O)c(CN(Cc3ccccc3)Cc3nnnn3CCc3ccccc3)cc2c1. The monoisotopic (exact) mass is 464 g/mol. The average molecular weight is 465 g/mol. The van der Waals surface area contributed by atoms with E-state index < -0.39 is 0 Å². The summed E-state index contributed by atoms with van der Waals surface area (Å²) in [6.45, 7) is 4.45. The highest BCUT2D eigenvalue weighted by Crippen LogP contribution is 2.16. The van der Waals surface area contributed by atoms with Crippen molar-refractivity contribution in [1.82, 2.24) is 30.1 Å². The second-order valence-electron chi connectivity index (χ2n) is 8.90. The van der Waals surface area contributed by atoms with Crippen molar-refractivity contribution in [2.75, 3.05) is 0 Å². The Balaban J connectivity index is 1.40. The number of aryl methyl sites for hydroxylation is 3. The van der Waals surface area contributed by atoms with Gasteiger partial charge >= 0.3 is 0 Å². The van der Waals surface area contributed by atoms with Crippen LogP contribution in [0.1, 0.15) is 28.1 Å². The van der Waals surface area contributed by atoms with Gasteiger partial charge in [-0.15, -0.1) is 5.10 Å². The van der Waals surface area contributed by atoms with E-state index in [0.717, 1.165) is 34.3 Å². The number of aromatic amines is 1. The first kappa shape index (κ1) is 22.7. The summed E-state index contributed by atoms with van der Waals surface area (Å²) in [4.78, 5) is 18.2. The van der Waals surface area contributed by atoms with Gasteiger partial charge in [-0.1, -0.05) is 72.3 Å². The number of tetrazole rings is 1. The molecule has 7 nitrogen and oxygen atoms in total. The predicted molar refractivity (Wildman–Crippen MR) is 137 cm³/mol. The van der Waals surface area contributed by atoms with E-state index in [2.05, 4.69) is 62.7 Å². The van der Waals surface area contributed by atoms with Gasteiger partial charge in [-0.25, -0.2) is 4.68 Å². The molecule has 0 aliphatic rings. The van der Waals surface area contributed by atoms with Crippen molar-refractivity contribution in [3.05, 3.63) is 123 Å². The molecule has 2 aromatic heterocycles. The minimum absolute atomic E-state index is 0.0666. The van der Waals surface area contributed by atoms with Gasteiger partial charge in [0.25, 0.3) is 5.56 Å². The first-order valence-corrected chi connectivity index (χ1v) is 11.8. The summed E-state index contributed by atoms with van der Waals surface area (Å²) >= 11 is 0. The van der Waals surface area contributed by atoms with Crippen LogP contribution in [0, 0.1) is 6.92 Å². The first-order valence-electron chi connectivity index (χ1n) is 11.8. The van der Waals surface area contributed by atoms with Gasteiger partial charge in [0.1, 0.15) is 0 Å². The van der Waals surface area contributed by atoms with Crippen LogP contribution in [0.3, 0.4) is 0 Å². The number of H-pyrrole nitrogens is 1. The van der Waals surface area contributed by atoms with Gasteiger partial charge in [-0.2, -0.15) is 0 Å². The molecule has 0 saturated heterocycles. The van der Waals surface area contributed by atoms with E-state index in [1.54, 1.807) is 0 Å². The van der Waals surface area contributed by atoms with Gasteiger partial charge in [-0.3, -0.25) is 9.69 Å². The van der Waals surface area contributed by atoms with Crippen LogP contribution in [-0.4, -0.2) is 30.1 Å². The van der Waals surface area contributed by atoms with Crippen LogP contribution in [0.15, 0.2) is 89.7 Å². The molecule has 0 atom stereocenters. The molecule has 0 aliphatic carbocycles. The third-order valence-electron chi connectivity index (χ3n) is 6.15. The molecular formula is C28H28N6O. The second-order valence-corrected chi connectivity index (χ2v) is 8.90. The lowest BCUT2D eigenvalue weighted by Gasteiger charge is -2.22. The van der Waals surface area contributed by atoms with Crippen LogP contribution >= 0.6 is 0 Å². The topological polar surface area (TPSA) is 79.7 Å². The Hall–Kier alpha value is -4.10. The van der Waals surface area contributed by atoms with Crippen molar-refractivity contribution in [2.24, 2.45) is 0 Å². The van der Waals surface area contributed by atoms with Crippen molar-refractivity contribution in [2.45, 2.75) is 39.5 Å². The van der Waals surface area contributed by atoms with Gasteiger partial charge in [0, 0.05) is 30.7 Å². The van der Waals surface area contributed by atoms with Crippen LogP contribution in [0.4, 0.5) is 0 Å². The third-order valence-corrected chi connectivity index (χ3v) is 6.15. The summed E-state index contributed by atoms with van der Waals surface area (Å²) in [5.74, 6) is 0.782. The number of hydrogen-bond donors (Lipinski definition) is 1. The molecule has 0 unspecified atom stereocenters. The molecule has 3 aromatic carbocycles. The minimum atomic E-state index is -0.0666. The van der Waals surface area contributed by atoms with Crippen LogP contribution < -0.4 is 5.56 Å². The zero-order valence-electron chi connectivity index (χ0n) is 19.8. The number of nitrogens with one attached hydrogen (secondary N) is 1. The number of hydrogen-bond acceptors (Lipinski definition) is 5. The largest absolute Gasteiger partial charge is 0.322 e. The maximum Gasteiger partial charge on any atom is 0.252 e. The summed E-state index contributed by atoms with van der Waals surface area (Å²) < 4.78 is 1.86. The predicted octanol–water partition coefficient (Wildman–Crippen LogP) is 4.27. The zero-order valence-corrected chi connectivity index (χ0v) is 19.8. The van der Waals surface area contributed by atoms with Crippen LogP contribution in [-0.2, 0) is 32.6 Å². The zero-order chi connectivity index (χ0) is 24.0. The molecule has 2 heterocycles. The molecule has 5 rings (SSSR count). The van der Waals surface area contributed by atoms with Crippen molar-refractivity contribution < 1.29 is 0 Å². The fourth-order valence-electron chi connectivity index (χ4n) is 4.33. The van der Waals surface area contributed by atoms with Crippen molar-refractivity contribution in [3.63, 3.8) is 0 Å². The lowest BCUT2D eigenvalue weighted by Crippen LogP contribution is -2.28. The molecular weight excluding hydrogens is 436 g/mol. The van der Waals surface area contributed by atoms with E-state index in [0.29, 0.717) is 26.2 Å². The number of aromatic nitrogens is 5. The molecule has 176 valence electrons. The molecule has 7 heteroatoms. The van der Waals surface area contributed by atoms with E-state index in [1.165, 1.54) is 11.1 Å². The molecule has 0 radical (unpaired) electrons. The number of nitrogens with zero attached hydrogens (tertiary/aromatic N) is 5. The second kappa shape index (κ2) is 10.4. The Bertz CT molecular complexity index is 1460. The average Bonchev–Trinajstić information content (AvgIpc) is 3.31. The lowest BCUT2D eigenvalue weighted by molar-refractivity contribution is 0.235. The summed E-state index contributed by atoms with van der Waals surface area (Å²) in [7, 11) is 0. The Kier molecular flexibility index (Phi) is 6.77. The summed E-state index contributed by atoms with van der Waals surface area (Å²) in [6, 6.07) is 28.6. The Morgan fingerprint density at radius 3 is 2.37 bits per heavy atom. The maximum absolute atomic E-state index is 12.9. The molecule has 35 heavy (non-hydrogen) atoms. The first-order chi connectivity index (χ1) is 17.1. The minimum Gasteiger partial charge on any atom is -0.322 e. The Morgan fingerprint density at radius 2 is 1.60 bits per heavy atom. The van der Waals surface area contributed by atoms with Gasteiger partial charge in [-0.05, 0) is 58.5 Å². The van der Waals surface area contributed by atoms with Crippen LogP contribution in [0.25, 0.3) is 10.9 Å². The normalized spacial score (nSPS) is 11.4. The van der Waals surface area contributed by atoms with Crippen molar-refractivity contribution in [3.8, 4) is 0 Å². The number of rotatable bonds is 9. The van der Waals surface area contributed by atoms with Gasteiger partial charge in [0.05, 0.1) is 6.54 Å². The highest BCUT2D eigenvalue weighted by Gasteiger charge is 2.16. The Morgan fingerprint density at radius 1 is 0.857 bits per heavy atom. The van der Waals surface area contributed by atoms with E-state index in [-0.39, 0.29) is 5.56 Å². The molecule has 0 saturated carbocycles. The van der Waals surface area contributed by atoms with Gasteiger partial charge in [0.2, 0.25) is 0 Å². The lowest BCUT2D eigenvalue weighted by atomic mass is 10.1. The fourth-order valence-corrected chi connectivity index (χ4v) is 4.33. The quantitative estimate of drug-likeness (QED) is 0.352. The molecule has 0 spiro atoms. The molecule has 0 amide bonds. The van der Waals surface area contributed by atoms with E-state index in [9.17, 15) is 4.79 Å². The smallest absolute Gasteiger partial charge is 0.252 e. The highest BCUT2D eigenvalue weighted by molar-refractivity contribution is 5.79. The van der Waals surface area contributed by atoms with Crippen molar-refractivity contribution >= 4 is 10.9 Å². The molecule has 0 fully saturated rings. The molecule has 5 aromatic rings.